The minimum atomic E-state index is -0.404. The summed E-state index contributed by atoms with van der Waals surface area (Å²) in [4.78, 5) is 26.3. The Hall–Kier alpha value is -2.35. The molecule has 24 heavy (non-hydrogen) atoms. The second-order valence-electron chi connectivity index (χ2n) is 5.78. The second kappa shape index (κ2) is 6.64. The lowest BCUT2D eigenvalue weighted by atomic mass is 10.00. The van der Waals surface area contributed by atoms with Crippen molar-refractivity contribution >= 4 is 17.7 Å². The summed E-state index contributed by atoms with van der Waals surface area (Å²) >= 11 is 1.15. The van der Waals surface area contributed by atoms with Gasteiger partial charge >= 0.3 is 0 Å². The molecular weight excluding hydrogens is 326 g/mol. The fourth-order valence-corrected chi connectivity index (χ4v) is 3.55. The summed E-state index contributed by atoms with van der Waals surface area (Å²) in [5.74, 6) is 5.73. The largest absolute Gasteiger partial charge is 0.337 e. The van der Waals surface area contributed by atoms with Crippen LogP contribution in [0.25, 0.3) is 0 Å². The van der Waals surface area contributed by atoms with Gasteiger partial charge in [0.1, 0.15) is 5.69 Å². The molecule has 2 aromatic rings. The van der Waals surface area contributed by atoms with Gasteiger partial charge in [-0.1, -0.05) is 36.0 Å². The highest BCUT2D eigenvalue weighted by Crippen LogP contribution is 2.24. The molecule has 126 valence electrons. The van der Waals surface area contributed by atoms with E-state index in [9.17, 15) is 9.59 Å². The van der Waals surface area contributed by atoms with E-state index in [4.69, 9.17) is 5.84 Å². The van der Waals surface area contributed by atoms with Crippen molar-refractivity contribution in [3.63, 3.8) is 0 Å². The lowest BCUT2D eigenvalue weighted by Crippen LogP contribution is -2.40. The standard InChI is InChI=1S/C16H19N5O2S/c1-10-14(22)21(17)16(19-18-10)24-11(2)15(23)20-8-7-12-5-3-4-6-13(12)9-20/h3-6,11H,7-9,17H2,1-2H3. The van der Waals surface area contributed by atoms with E-state index in [1.165, 1.54) is 11.1 Å². The molecule has 1 aromatic heterocycles. The van der Waals surface area contributed by atoms with Gasteiger partial charge in [0.2, 0.25) is 11.1 Å². The topological polar surface area (TPSA) is 94.1 Å². The smallest absolute Gasteiger partial charge is 0.294 e. The second-order valence-corrected chi connectivity index (χ2v) is 7.09. The number of rotatable bonds is 3. The predicted octanol–water partition coefficient (Wildman–Crippen LogP) is 0.726. The Bertz CT molecular complexity index is 835. The molecule has 0 bridgehead atoms. The lowest BCUT2D eigenvalue weighted by Gasteiger charge is -2.30. The Balaban J connectivity index is 1.72. The monoisotopic (exact) mass is 345 g/mol. The van der Waals surface area contributed by atoms with Crippen LogP contribution in [-0.2, 0) is 17.8 Å². The number of aryl methyl sites for hydroxylation is 1. The molecule has 1 aliphatic rings. The van der Waals surface area contributed by atoms with Crippen LogP contribution in [0.15, 0.2) is 34.2 Å². The molecule has 8 heteroatoms. The fraction of sp³-hybridized carbons (Fsp3) is 0.375. The average molecular weight is 345 g/mol. The zero-order valence-electron chi connectivity index (χ0n) is 13.6. The first-order chi connectivity index (χ1) is 11.5. The number of nitrogens with zero attached hydrogens (tertiary/aromatic N) is 4. The zero-order chi connectivity index (χ0) is 17.3. The van der Waals surface area contributed by atoms with Crippen molar-refractivity contribution in [2.24, 2.45) is 0 Å². The molecule has 7 nitrogen and oxygen atoms in total. The first-order valence-electron chi connectivity index (χ1n) is 7.71. The van der Waals surface area contributed by atoms with E-state index in [0.29, 0.717) is 13.1 Å². The summed E-state index contributed by atoms with van der Waals surface area (Å²) in [6, 6.07) is 8.16. The van der Waals surface area contributed by atoms with Gasteiger partial charge in [0.25, 0.3) is 5.56 Å². The van der Waals surface area contributed by atoms with Crippen LogP contribution in [0.4, 0.5) is 0 Å². The van der Waals surface area contributed by atoms with Crippen LogP contribution >= 0.6 is 11.8 Å². The third-order valence-electron chi connectivity index (χ3n) is 4.09. The van der Waals surface area contributed by atoms with Crippen molar-refractivity contribution in [2.45, 2.75) is 37.2 Å². The number of nitrogens with two attached hydrogens (primary N) is 1. The quantitative estimate of drug-likeness (QED) is 0.651. The molecule has 1 aliphatic heterocycles. The number of hydrogen-bond donors (Lipinski definition) is 1. The van der Waals surface area contributed by atoms with Crippen LogP contribution in [0, 0.1) is 6.92 Å². The molecule has 1 unspecified atom stereocenters. The van der Waals surface area contributed by atoms with Crippen molar-refractivity contribution < 1.29 is 4.79 Å². The van der Waals surface area contributed by atoms with Crippen molar-refractivity contribution in [1.82, 2.24) is 19.8 Å². The summed E-state index contributed by atoms with van der Waals surface area (Å²) in [7, 11) is 0. The number of nitrogen functional groups attached to an aromatic ring is 1. The molecule has 0 fully saturated rings. The number of fused-ring (bicyclic) bond motifs is 1. The maximum atomic E-state index is 12.7. The highest BCUT2D eigenvalue weighted by atomic mass is 32.2. The van der Waals surface area contributed by atoms with E-state index in [1.807, 2.05) is 17.0 Å². The van der Waals surface area contributed by atoms with E-state index in [0.717, 1.165) is 22.9 Å². The van der Waals surface area contributed by atoms with Gasteiger partial charge < -0.3 is 10.7 Å². The predicted molar refractivity (Wildman–Crippen MR) is 92.1 cm³/mol. The van der Waals surface area contributed by atoms with E-state index in [-0.39, 0.29) is 16.8 Å². The molecule has 1 amide bonds. The van der Waals surface area contributed by atoms with Gasteiger partial charge in [0, 0.05) is 13.1 Å². The number of benzene rings is 1. The number of carbonyl (C=O) groups excluding carboxylic acids is 1. The zero-order valence-corrected chi connectivity index (χ0v) is 14.4. The van der Waals surface area contributed by atoms with E-state index < -0.39 is 10.8 Å². The number of amides is 1. The molecule has 1 atom stereocenters. The van der Waals surface area contributed by atoms with E-state index in [2.05, 4.69) is 22.3 Å². The Kier molecular flexibility index (Phi) is 4.57. The highest BCUT2D eigenvalue weighted by Gasteiger charge is 2.26. The minimum absolute atomic E-state index is 0.00401. The normalized spacial score (nSPS) is 15.0. The Morgan fingerprint density at radius 3 is 2.75 bits per heavy atom. The van der Waals surface area contributed by atoms with Gasteiger partial charge in [0.15, 0.2) is 0 Å². The summed E-state index contributed by atoms with van der Waals surface area (Å²) in [6.45, 7) is 4.64. The number of carbonyl (C=O) groups is 1. The summed E-state index contributed by atoms with van der Waals surface area (Å²) in [5, 5.41) is 7.55. The molecule has 2 heterocycles. The third kappa shape index (κ3) is 3.14. The summed E-state index contributed by atoms with van der Waals surface area (Å²) < 4.78 is 0.947. The van der Waals surface area contributed by atoms with Gasteiger partial charge in [-0.2, -0.15) is 4.68 Å². The number of aromatic nitrogens is 3. The molecule has 1 aromatic carbocycles. The Morgan fingerprint density at radius 1 is 1.29 bits per heavy atom. The summed E-state index contributed by atoms with van der Waals surface area (Å²) in [6.07, 6.45) is 0.852. The van der Waals surface area contributed by atoms with Crippen LogP contribution < -0.4 is 11.4 Å². The maximum Gasteiger partial charge on any atom is 0.294 e. The van der Waals surface area contributed by atoms with Gasteiger partial charge in [-0.3, -0.25) is 9.59 Å². The minimum Gasteiger partial charge on any atom is -0.337 e. The Labute approximate surface area is 143 Å². The molecule has 0 spiro atoms. The fourth-order valence-electron chi connectivity index (χ4n) is 2.70. The van der Waals surface area contributed by atoms with Crippen LogP contribution in [0.1, 0.15) is 23.7 Å². The van der Waals surface area contributed by atoms with Gasteiger partial charge in [-0.15, -0.1) is 10.2 Å². The number of thioether (sulfide) groups is 1. The maximum absolute atomic E-state index is 12.7. The van der Waals surface area contributed by atoms with Crippen LogP contribution in [-0.4, -0.2) is 37.5 Å². The third-order valence-corrected chi connectivity index (χ3v) is 5.14. The van der Waals surface area contributed by atoms with Gasteiger partial charge in [-0.25, -0.2) is 0 Å². The van der Waals surface area contributed by atoms with E-state index >= 15 is 0 Å². The molecule has 0 saturated heterocycles. The average Bonchev–Trinajstić information content (AvgIpc) is 2.61. The van der Waals surface area contributed by atoms with Crippen LogP contribution in [0.5, 0.6) is 0 Å². The van der Waals surface area contributed by atoms with Crippen molar-refractivity contribution in [3.05, 3.63) is 51.4 Å². The molecule has 0 saturated carbocycles. The van der Waals surface area contributed by atoms with Gasteiger partial charge in [0.05, 0.1) is 5.25 Å². The Morgan fingerprint density at radius 2 is 2.00 bits per heavy atom. The highest BCUT2D eigenvalue weighted by molar-refractivity contribution is 8.00. The first kappa shape index (κ1) is 16.5. The molecule has 2 N–H and O–H groups in total. The molecule has 0 aliphatic carbocycles. The molecule has 0 radical (unpaired) electrons. The lowest BCUT2D eigenvalue weighted by molar-refractivity contribution is -0.131. The van der Waals surface area contributed by atoms with Crippen LogP contribution in [0.2, 0.25) is 0 Å². The first-order valence-corrected chi connectivity index (χ1v) is 8.59. The van der Waals surface area contributed by atoms with Gasteiger partial charge in [-0.05, 0) is 31.4 Å². The van der Waals surface area contributed by atoms with Crippen molar-refractivity contribution in [3.8, 4) is 0 Å². The van der Waals surface area contributed by atoms with Crippen molar-refractivity contribution in [2.75, 3.05) is 12.4 Å². The van der Waals surface area contributed by atoms with Crippen LogP contribution in [0.3, 0.4) is 0 Å². The molecule has 3 rings (SSSR count). The van der Waals surface area contributed by atoms with Crippen molar-refractivity contribution in [1.29, 1.82) is 0 Å². The SMILES string of the molecule is Cc1nnc(SC(C)C(=O)N2CCc3ccccc3C2)n(N)c1=O. The van der Waals surface area contributed by atoms with E-state index in [1.54, 1.807) is 13.8 Å². The molecular formula is C16H19N5O2S. The number of hydrogen-bond acceptors (Lipinski definition) is 6. The summed E-state index contributed by atoms with van der Waals surface area (Å²) in [5.41, 5.74) is 2.30.